The Bertz CT molecular complexity index is 451. The molecule has 2 atom stereocenters. The van der Waals surface area contributed by atoms with E-state index in [4.69, 9.17) is 4.84 Å². The number of hydrogen-bond acceptors (Lipinski definition) is 2. The number of quaternary nitrogens is 1. The summed E-state index contributed by atoms with van der Waals surface area (Å²) >= 11 is 0. The zero-order chi connectivity index (χ0) is 21.0. The van der Waals surface area contributed by atoms with E-state index in [1.54, 1.807) is 12.0 Å². The summed E-state index contributed by atoms with van der Waals surface area (Å²) in [5.74, 6) is 7.52. The maximum absolute atomic E-state index is 5.12. The largest absolute Gasteiger partial charge is 0.337 e. The van der Waals surface area contributed by atoms with Crippen LogP contribution in [0.15, 0.2) is 12.2 Å². The van der Waals surface area contributed by atoms with Crippen molar-refractivity contribution in [3.63, 3.8) is 0 Å². The third-order valence-corrected chi connectivity index (χ3v) is 6.23. The van der Waals surface area contributed by atoms with Crippen LogP contribution in [0, 0.1) is 17.8 Å². The molecular formula is C26H49N2O+. The molecule has 2 unspecified atom stereocenters. The van der Waals surface area contributed by atoms with Gasteiger partial charge in [-0.3, -0.25) is 0 Å². The van der Waals surface area contributed by atoms with Crippen LogP contribution in [0.2, 0.25) is 0 Å². The van der Waals surface area contributed by atoms with Gasteiger partial charge in [-0.1, -0.05) is 62.9 Å². The molecule has 3 heteroatoms. The van der Waals surface area contributed by atoms with Crippen LogP contribution in [0.3, 0.4) is 0 Å². The van der Waals surface area contributed by atoms with Crippen molar-refractivity contribution in [2.24, 2.45) is 5.92 Å². The van der Waals surface area contributed by atoms with Crippen molar-refractivity contribution in [2.45, 2.75) is 96.3 Å². The zero-order valence-corrected chi connectivity index (χ0v) is 19.8. The molecule has 168 valence electrons. The molecule has 1 aliphatic heterocycles. The Kier molecular flexibility index (Phi) is 17.3. The monoisotopic (exact) mass is 405 g/mol. The lowest BCUT2D eigenvalue weighted by Gasteiger charge is -2.26. The van der Waals surface area contributed by atoms with E-state index in [9.17, 15) is 0 Å². The molecule has 0 bridgehead atoms. The molecular weight excluding hydrogens is 356 g/mol. The number of unbranched alkanes of at least 4 members (excludes halogenated alkanes) is 10. The maximum atomic E-state index is 5.12. The molecule has 0 spiro atoms. The van der Waals surface area contributed by atoms with Crippen molar-refractivity contribution in [3.05, 3.63) is 12.2 Å². The number of hydrogen-bond donors (Lipinski definition) is 1. The average Bonchev–Trinajstić information content (AvgIpc) is 2.72. The van der Waals surface area contributed by atoms with E-state index in [-0.39, 0.29) is 0 Å². The quantitative estimate of drug-likeness (QED) is 0.220. The van der Waals surface area contributed by atoms with Crippen LogP contribution in [0.1, 0.15) is 96.3 Å². The second kappa shape index (κ2) is 19.2. The van der Waals surface area contributed by atoms with Gasteiger partial charge in [-0.05, 0) is 51.0 Å². The molecule has 0 aliphatic carbocycles. The highest BCUT2D eigenvalue weighted by atomic mass is 16.7. The number of hydroxylamine groups is 2. The number of nitrogens with one attached hydrogen (secondary N) is 1. The summed E-state index contributed by atoms with van der Waals surface area (Å²) in [6, 6.07) is 0. The summed E-state index contributed by atoms with van der Waals surface area (Å²) in [7, 11) is 6.08. The van der Waals surface area contributed by atoms with Gasteiger partial charge in [0, 0.05) is 25.9 Å². The van der Waals surface area contributed by atoms with Crippen molar-refractivity contribution in [3.8, 4) is 11.8 Å². The van der Waals surface area contributed by atoms with Gasteiger partial charge in [0.15, 0.2) is 0 Å². The first-order valence-corrected chi connectivity index (χ1v) is 12.4. The third kappa shape index (κ3) is 16.6. The lowest BCUT2D eigenvalue weighted by Crippen LogP contribution is -3.10. The molecule has 1 aliphatic rings. The van der Waals surface area contributed by atoms with E-state index in [1.165, 1.54) is 103 Å². The van der Waals surface area contributed by atoms with Crippen LogP contribution < -0.4 is 4.90 Å². The summed E-state index contributed by atoms with van der Waals surface area (Å²) in [6.07, 6.45) is 24.3. The van der Waals surface area contributed by atoms with Crippen molar-refractivity contribution < 1.29 is 9.74 Å². The van der Waals surface area contributed by atoms with E-state index in [1.807, 2.05) is 12.1 Å². The van der Waals surface area contributed by atoms with Crippen molar-refractivity contribution in [2.75, 3.05) is 40.8 Å². The van der Waals surface area contributed by atoms with Crippen molar-refractivity contribution in [1.29, 1.82) is 0 Å². The van der Waals surface area contributed by atoms with Gasteiger partial charge in [0.1, 0.15) is 0 Å². The number of nitrogens with zero attached hydrogens (tertiary/aromatic N) is 1. The number of allylic oxidation sites excluding steroid dienone is 2. The number of piperidine rings is 1. The SMILES string of the molecule is CON(C)CCCCCCCCCCC=CC#CCCCCC1CCC[NH+](C)C1. The molecule has 1 fully saturated rings. The summed E-state index contributed by atoms with van der Waals surface area (Å²) < 4.78 is 0. The van der Waals surface area contributed by atoms with Gasteiger partial charge in [0.2, 0.25) is 0 Å². The minimum atomic E-state index is 0.972. The third-order valence-electron chi connectivity index (χ3n) is 6.23. The molecule has 0 aromatic carbocycles. The van der Waals surface area contributed by atoms with E-state index >= 15 is 0 Å². The minimum Gasteiger partial charge on any atom is -0.337 e. The van der Waals surface area contributed by atoms with Gasteiger partial charge in [-0.2, -0.15) is 5.06 Å². The molecule has 0 radical (unpaired) electrons. The topological polar surface area (TPSA) is 16.9 Å². The van der Waals surface area contributed by atoms with Crippen LogP contribution >= 0.6 is 0 Å². The number of likely N-dealkylation sites (tertiary alicyclic amines) is 1. The molecule has 1 saturated heterocycles. The van der Waals surface area contributed by atoms with E-state index < -0.39 is 0 Å². The first-order chi connectivity index (χ1) is 14.2. The van der Waals surface area contributed by atoms with Crippen LogP contribution in [0.4, 0.5) is 0 Å². The Labute approximate surface area is 182 Å². The molecule has 1 heterocycles. The summed E-state index contributed by atoms with van der Waals surface area (Å²) in [6.45, 7) is 3.81. The Morgan fingerprint density at radius 2 is 1.72 bits per heavy atom. The Balaban J connectivity index is 1.80. The lowest BCUT2D eigenvalue weighted by molar-refractivity contribution is -0.888. The molecule has 1 N–H and O–H groups in total. The van der Waals surface area contributed by atoms with Crippen LogP contribution in [-0.4, -0.2) is 45.9 Å². The molecule has 1 rings (SSSR count). The van der Waals surface area contributed by atoms with Gasteiger partial charge in [-0.25, -0.2) is 0 Å². The normalized spacial score (nSPS) is 19.6. The van der Waals surface area contributed by atoms with Crippen LogP contribution in [0.5, 0.6) is 0 Å². The fraction of sp³-hybridized carbons (Fsp3) is 0.846. The van der Waals surface area contributed by atoms with Gasteiger partial charge < -0.3 is 9.74 Å². The predicted octanol–water partition coefficient (Wildman–Crippen LogP) is 5.04. The Morgan fingerprint density at radius 3 is 2.45 bits per heavy atom. The Morgan fingerprint density at radius 1 is 1.00 bits per heavy atom. The minimum absolute atomic E-state index is 0.972. The molecule has 29 heavy (non-hydrogen) atoms. The summed E-state index contributed by atoms with van der Waals surface area (Å²) in [5, 5.41) is 1.91. The molecule has 0 amide bonds. The average molecular weight is 406 g/mol. The van der Waals surface area contributed by atoms with Crippen molar-refractivity contribution in [1.82, 2.24) is 5.06 Å². The molecule has 0 aromatic heterocycles. The molecule has 3 nitrogen and oxygen atoms in total. The second-order valence-corrected chi connectivity index (χ2v) is 9.04. The van der Waals surface area contributed by atoms with E-state index in [0.717, 1.165) is 18.9 Å². The lowest BCUT2D eigenvalue weighted by atomic mass is 9.93. The highest BCUT2D eigenvalue weighted by Gasteiger charge is 2.19. The summed E-state index contributed by atoms with van der Waals surface area (Å²) in [4.78, 5) is 6.85. The van der Waals surface area contributed by atoms with Crippen molar-refractivity contribution >= 4 is 0 Å². The highest BCUT2D eigenvalue weighted by molar-refractivity contribution is 5.14. The Hall–Kier alpha value is -0.820. The maximum Gasteiger partial charge on any atom is 0.0797 e. The smallest absolute Gasteiger partial charge is 0.0797 e. The van der Waals surface area contributed by atoms with Gasteiger partial charge >= 0.3 is 0 Å². The fourth-order valence-electron chi connectivity index (χ4n) is 4.30. The summed E-state index contributed by atoms with van der Waals surface area (Å²) in [5.41, 5.74) is 0. The van der Waals surface area contributed by atoms with Gasteiger partial charge in [-0.15, -0.1) is 0 Å². The fourth-order valence-corrected chi connectivity index (χ4v) is 4.30. The standard InChI is InChI=1S/C26H48N2O/c1-27-23-20-22-26(25-27)21-18-16-14-12-10-8-6-4-5-7-9-11-13-15-17-19-24-28(2)29-3/h6,8,26H,4-5,7,9,11,13-25H2,1-3H3/p+1. The highest BCUT2D eigenvalue weighted by Crippen LogP contribution is 2.15. The first kappa shape index (κ1) is 26.2. The van der Waals surface area contributed by atoms with E-state index in [0.29, 0.717) is 0 Å². The zero-order valence-electron chi connectivity index (χ0n) is 19.8. The molecule has 0 saturated carbocycles. The predicted molar refractivity (Wildman–Crippen MR) is 126 cm³/mol. The van der Waals surface area contributed by atoms with Gasteiger partial charge in [0.05, 0.1) is 27.2 Å². The van der Waals surface area contributed by atoms with E-state index in [2.05, 4.69) is 31.0 Å². The number of rotatable bonds is 16. The first-order valence-electron chi connectivity index (χ1n) is 12.4. The van der Waals surface area contributed by atoms with Gasteiger partial charge in [0.25, 0.3) is 0 Å². The van der Waals surface area contributed by atoms with Crippen LogP contribution in [0.25, 0.3) is 0 Å². The molecule has 0 aromatic rings. The second-order valence-electron chi connectivity index (χ2n) is 9.04. The van der Waals surface area contributed by atoms with Crippen LogP contribution in [-0.2, 0) is 4.84 Å².